The standard InChI is InChI=1S/C17H30N2/c1-14(2)16-9-7-15(8-10-16)13-19(6)12-11-18-17(3,4)5/h7-10,14,18H,11-13H2,1-6H3. The predicted molar refractivity (Wildman–Crippen MR) is 84.6 cm³/mol. The van der Waals surface area contributed by atoms with Crippen molar-refractivity contribution in [1.29, 1.82) is 0 Å². The Balaban J connectivity index is 2.38. The summed E-state index contributed by atoms with van der Waals surface area (Å²) < 4.78 is 0. The van der Waals surface area contributed by atoms with Crippen molar-refractivity contribution < 1.29 is 0 Å². The van der Waals surface area contributed by atoms with E-state index in [-0.39, 0.29) is 5.54 Å². The summed E-state index contributed by atoms with van der Waals surface area (Å²) in [4.78, 5) is 2.36. The lowest BCUT2D eigenvalue weighted by atomic mass is 10.0. The first-order valence-electron chi connectivity index (χ1n) is 7.30. The first-order valence-corrected chi connectivity index (χ1v) is 7.30. The van der Waals surface area contributed by atoms with Crippen LogP contribution in [0.1, 0.15) is 51.7 Å². The van der Waals surface area contributed by atoms with Crippen LogP contribution in [0, 0.1) is 0 Å². The van der Waals surface area contributed by atoms with E-state index in [4.69, 9.17) is 0 Å². The lowest BCUT2D eigenvalue weighted by Crippen LogP contribution is -2.40. The van der Waals surface area contributed by atoms with Crippen LogP contribution in [0.2, 0.25) is 0 Å². The van der Waals surface area contributed by atoms with Crippen LogP contribution in [-0.2, 0) is 6.54 Å². The van der Waals surface area contributed by atoms with Gasteiger partial charge in [0, 0.05) is 25.2 Å². The quantitative estimate of drug-likeness (QED) is 0.842. The molecule has 0 heterocycles. The topological polar surface area (TPSA) is 15.3 Å². The Morgan fingerprint density at radius 3 is 2.16 bits per heavy atom. The predicted octanol–water partition coefficient (Wildman–Crippen LogP) is 3.63. The van der Waals surface area contributed by atoms with E-state index in [9.17, 15) is 0 Å². The molecular weight excluding hydrogens is 232 g/mol. The van der Waals surface area contributed by atoms with Gasteiger partial charge in [-0.1, -0.05) is 38.1 Å². The first-order chi connectivity index (χ1) is 8.78. The minimum absolute atomic E-state index is 0.208. The lowest BCUT2D eigenvalue weighted by molar-refractivity contribution is 0.303. The molecule has 0 aliphatic rings. The third-order valence-electron chi connectivity index (χ3n) is 3.25. The van der Waals surface area contributed by atoms with Gasteiger partial charge in [-0.2, -0.15) is 0 Å². The molecule has 1 rings (SSSR count). The van der Waals surface area contributed by atoms with Gasteiger partial charge in [-0.3, -0.25) is 0 Å². The van der Waals surface area contributed by atoms with Crippen LogP contribution < -0.4 is 5.32 Å². The maximum absolute atomic E-state index is 3.52. The molecule has 0 aliphatic carbocycles. The van der Waals surface area contributed by atoms with Crippen LogP contribution in [0.5, 0.6) is 0 Å². The average molecular weight is 262 g/mol. The van der Waals surface area contributed by atoms with Crippen molar-refractivity contribution in [2.24, 2.45) is 0 Å². The van der Waals surface area contributed by atoms with Gasteiger partial charge < -0.3 is 10.2 Å². The summed E-state index contributed by atoms with van der Waals surface area (Å²) in [6.07, 6.45) is 0. The van der Waals surface area contributed by atoms with Crippen molar-refractivity contribution >= 4 is 0 Å². The molecule has 108 valence electrons. The Morgan fingerprint density at radius 2 is 1.68 bits per heavy atom. The average Bonchev–Trinajstić information content (AvgIpc) is 2.27. The van der Waals surface area contributed by atoms with Gasteiger partial charge in [0.25, 0.3) is 0 Å². The fourth-order valence-corrected chi connectivity index (χ4v) is 2.02. The molecule has 0 amide bonds. The second-order valence-electron chi connectivity index (χ2n) is 6.81. The van der Waals surface area contributed by atoms with Gasteiger partial charge in [0.1, 0.15) is 0 Å². The van der Waals surface area contributed by atoms with E-state index in [0.717, 1.165) is 19.6 Å². The summed E-state index contributed by atoms with van der Waals surface area (Å²) in [6, 6.07) is 9.01. The number of likely N-dealkylation sites (N-methyl/N-ethyl adjacent to an activating group) is 1. The van der Waals surface area contributed by atoms with Crippen molar-refractivity contribution in [3.8, 4) is 0 Å². The van der Waals surface area contributed by atoms with E-state index < -0.39 is 0 Å². The van der Waals surface area contributed by atoms with Gasteiger partial charge in [0.2, 0.25) is 0 Å². The van der Waals surface area contributed by atoms with E-state index in [1.165, 1.54) is 11.1 Å². The molecule has 0 aromatic heterocycles. The third kappa shape index (κ3) is 6.74. The normalized spacial score (nSPS) is 12.4. The SMILES string of the molecule is CC(C)c1ccc(CN(C)CCNC(C)(C)C)cc1. The third-order valence-corrected chi connectivity index (χ3v) is 3.25. The van der Waals surface area contributed by atoms with E-state index in [1.54, 1.807) is 0 Å². The molecule has 0 radical (unpaired) electrons. The zero-order valence-corrected chi connectivity index (χ0v) is 13.5. The van der Waals surface area contributed by atoms with Crippen LogP contribution in [-0.4, -0.2) is 30.6 Å². The minimum atomic E-state index is 0.208. The van der Waals surface area contributed by atoms with Crippen molar-refractivity contribution in [2.45, 2.75) is 52.6 Å². The van der Waals surface area contributed by atoms with E-state index in [0.29, 0.717) is 5.92 Å². The molecular formula is C17H30N2. The highest BCUT2D eigenvalue weighted by Gasteiger charge is 2.08. The molecule has 0 unspecified atom stereocenters. The van der Waals surface area contributed by atoms with E-state index in [2.05, 4.69) is 76.1 Å². The van der Waals surface area contributed by atoms with Gasteiger partial charge in [-0.05, 0) is 44.9 Å². The molecule has 0 aliphatic heterocycles. The molecule has 1 aromatic carbocycles. The molecule has 0 spiro atoms. The van der Waals surface area contributed by atoms with Crippen LogP contribution >= 0.6 is 0 Å². The Labute approximate surface area is 119 Å². The molecule has 0 fully saturated rings. The Kier molecular flexibility index (Phi) is 6.02. The molecule has 19 heavy (non-hydrogen) atoms. The fourth-order valence-electron chi connectivity index (χ4n) is 2.02. The molecule has 0 atom stereocenters. The minimum Gasteiger partial charge on any atom is -0.311 e. The van der Waals surface area contributed by atoms with Crippen LogP contribution in [0.4, 0.5) is 0 Å². The van der Waals surface area contributed by atoms with Crippen molar-refractivity contribution in [1.82, 2.24) is 10.2 Å². The smallest absolute Gasteiger partial charge is 0.0231 e. The number of benzene rings is 1. The van der Waals surface area contributed by atoms with Crippen LogP contribution in [0.3, 0.4) is 0 Å². The van der Waals surface area contributed by atoms with Crippen molar-refractivity contribution in [3.63, 3.8) is 0 Å². The van der Waals surface area contributed by atoms with Gasteiger partial charge in [0.15, 0.2) is 0 Å². The Bertz CT molecular complexity index is 360. The molecule has 0 bridgehead atoms. The van der Waals surface area contributed by atoms with Gasteiger partial charge >= 0.3 is 0 Å². The fraction of sp³-hybridized carbons (Fsp3) is 0.647. The second-order valence-corrected chi connectivity index (χ2v) is 6.81. The van der Waals surface area contributed by atoms with Crippen LogP contribution in [0.25, 0.3) is 0 Å². The molecule has 2 nitrogen and oxygen atoms in total. The summed E-state index contributed by atoms with van der Waals surface area (Å²) in [5.74, 6) is 0.614. The highest BCUT2D eigenvalue weighted by molar-refractivity contribution is 5.24. The number of rotatable bonds is 6. The maximum Gasteiger partial charge on any atom is 0.0231 e. The van der Waals surface area contributed by atoms with Gasteiger partial charge in [0.05, 0.1) is 0 Å². The molecule has 0 saturated heterocycles. The summed E-state index contributed by atoms with van der Waals surface area (Å²) in [5, 5.41) is 3.52. The highest BCUT2D eigenvalue weighted by Crippen LogP contribution is 2.15. The number of nitrogens with zero attached hydrogens (tertiary/aromatic N) is 1. The molecule has 1 N–H and O–H groups in total. The lowest BCUT2D eigenvalue weighted by Gasteiger charge is -2.23. The molecule has 2 heteroatoms. The number of nitrogens with one attached hydrogen (secondary N) is 1. The van der Waals surface area contributed by atoms with E-state index in [1.807, 2.05) is 0 Å². The van der Waals surface area contributed by atoms with Gasteiger partial charge in [-0.15, -0.1) is 0 Å². The Morgan fingerprint density at radius 1 is 1.11 bits per heavy atom. The monoisotopic (exact) mass is 262 g/mol. The zero-order valence-electron chi connectivity index (χ0n) is 13.5. The summed E-state index contributed by atoms with van der Waals surface area (Å²) in [7, 11) is 2.18. The second kappa shape index (κ2) is 7.06. The van der Waals surface area contributed by atoms with Gasteiger partial charge in [-0.25, -0.2) is 0 Å². The van der Waals surface area contributed by atoms with Crippen molar-refractivity contribution in [2.75, 3.05) is 20.1 Å². The maximum atomic E-state index is 3.52. The zero-order chi connectivity index (χ0) is 14.5. The first kappa shape index (κ1) is 16.2. The largest absolute Gasteiger partial charge is 0.311 e. The summed E-state index contributed by atoms with van der Waals surface area (Å²) >= 11 is 0. The van der Waals surface area contributed by atoms with Crippen molar-refractivity contribution in [3.05, 3.63) is 35.4 Å². The molecule has 0 saturated carbocycles. The summed E-state index contributed by atoms with van der Waals surface area (Å²) in [5.41, 5.74) is 3.02. The van der Waals surface area contributed by atoms with E-state index >= 15 is 0 Å². The Hall–Kier alpha value is -0.860. The van der Waals surface area contributed by atoms with Crippen LogP contribution in [0.15, 0.2) is 24.3 Å². The highest BCUT2D eigenvalue weighted by atomic mass is 15.1. The number of hydrogen-bond acceptors (Lipinski definition) is 2. The number of hydrogen-bond donors (Lipinski definition) is 1. The molecule has 1 aromatic rings. The summed E-state index contributed by atoms with van der Waals surface area (Å²) in [6.45, 7) is 14.2.